The minimum Gasteiger partial charge on any atom is -0.313 e. The molecule has 2 rings (SSSR count). The monoisotopic (exact) mass is 217 g/mol. The molecule has 0 bridgehead atoms. The first-order valence-electron chi connectivity index (χ1n) is 5.24. The fourth-order valence-corrected chi connectivity index (χ4v) is 1.64. The second-order valence-corrected chi connectivity index (χ2v) is 3.69. The Morgan fingerprint density at radius 3 is 2.88 bits per heavy atom. The summed E-state index contributed by atoms with van der Waals surface area (Å²) < 4.78 is 1.80. The molecule has 2 aromatic rings. The molecule has 0 radical (unpaired) electrons. The lowest BCUT2D eigenvalue weighted by Crippen LogP contribution is -2.13. The van der Waals surface area contributed by atoms with Gasteiger partial charge in [-0.3, -0.25) is 0 Å². The predicted octanol–water partition coefficient (Wildman–Crippen LogP) is 1.25. The number of nitrogens with one attached hydrogen (secondary N) is 1. The Morgan fingerprint density at radius 2 is 2.25 bits per heavy atom. The lowest BCUT2D eigenvalue weighted by atomic mass is 10.1. The van der Waals surface area contributed by atoms with Crippen molar-refractivity contribution in [2.45, 2.75) is 19.9 Å². The maximum absolute atomic E-state index is 4.33. The van der Waals surface area contributed by atoms with Crippen LogP contribution >= 0.6 is 0 Å². The van der Waals surface area contributed by atoms with Gasteiger partial charge in [0.2, 0.25) is 0 Å². The van der Waals surface area contributed by atoms with Gasteiger partial charge in [-0.1, -0.05) is 0 Å². The van der Waals surface area contributed by atoms with Crippen LogP contribution in [0.2, 0.25) is 0 Å². The summed E-state index contributed by atoms with van der Waals surface area (Å²) in [5.41, 5.74) is 2.26. The van der Waals surface area contributed by atoms with Gasteiger partial charge in [0.15, 0.2) is 5.82 Å². The van der Waals surface area contributed by atoms with Crippen LogP contribution in [0.3, 0.4) is 0 Å². The first kappa shape index (κ1) is 10.8. The van der Waals surface area contributed by atoms with Gasteiger partial charge in [-0.05, 0) is 33.0 Å². The smallest absolute Gasteiger partial charge is 0.175 e. The number of aromatic nitrogens is 4. The van der Waals surface area contributed by atoms with E-state index in [-0.39, 0.29) is 6.04 Å². The van der Waals surface area contributed by atoms with Gasteiger partial charge in [-0.2, -0.15) is 10.2 Å². The standard InChI is InChI=1S/C11H15N5/c1-8(12-3)10-7-14-16(9(10)2)11-5-4-6-13-15-11/h4-8,12H,1-3H3. The molecule has 5 heteroatoms. The molecule has 16 heavy (non-hydrogen) atoms. The van der Waals surface area contributed by atoms with E-state index in [0.717, 1.165) is 11.5 Å². The molecule has 0 saturated heterocycles. The maximum atomic E-state index is 4.33. The average molecular weight is 217 g/mol. The molecule has 0 aliphatic rings. The van der Waals surface area contributed by atoms with Gasteiger partial charge in [0, 0.05) is 23.5 Å². The molecule has 2 aromatic heterocycles. The lowest BCUT2D eigenvalue weighted by molar-refractivity contribution is 0.646. The van der Waals surface area contributed by atoms with Crippen molar-refractivity contribution in [1.82, 2.24) is 25.3 Å². The summed E-state index contributed by atoms with van der Waals surface area (Å²) in [6.07, 6.45) is 3.52. The van der Waals surface area contributed by atoms with Crippen LogP contribution in [0.4, 0.5) is 0 Å². The number of hydrogen-bond acceptors (Lipinski definition) is 4. The maximum Gasteiger partial charge on any atom is 0.175 e. The predicted molar refractivity (Wildman–Crippen MR) is 61.4 cm³/mol. The van der Waals surface area contributed by atoms with Crippen LogP contribution in [0.25, 0.3) is 5.82 Å². The van der Waals surface area contributed by atoms with E-state index in [9.17, 15) is 0 Å². The molecule has 0 spiro atoms. The van der Waals surface area contributed by atoms with Gasteiger partial charge in [0.05, 0.1) is 6.20 Å². The van der Waals surface area contributed by atoms with Crippen LogP contribution in [0.1, 0.15) is 24.2 Å². The third-order valence-corrected chi connectivity index (χ3v) is 2.72. The molecule has 0 saturated carbocycles. The fourth-order valence-electron chi connectivity index (χ4n) is 1.64. The molecule has 5 nitrogen and oxygen atoms in total. The first-order chi connectivity index (χ1) is 7.74. The number of nitrogens with zero attached hydrogens (tertiary/aromatic N) is 4. The zero-order valence-electron chi connectivity index (χ0n) is 9.68. The van der Waals surface area contributed by atoms with Crippen molar-refractivity contribution >= 4 is 0 Å². The van der Waals surface area contributed by atoms with Crippen LogP contribution < -0.4 is 5.32 Å². The zero-order valence-corrected chi connectivity index (χ0v) is 9.68. The third-order valence-electron chi connectivity index (χ3n) is 2.72. The summed E-state index contributed by atoms with van der Waals surface area (Å²) in [4.78, 5) is 0. The summed E-state index contributed by atoms with van der Waals surface area (Å²) in [6.45, 7) is 4.13. The second-order valence-electron chi connectivity index (χ2n) is 3.69. The van der Waals surface area contributed by atoms with Gasteiger partial charge in [0.1, 0.15) is 0 Å². The average Bonchev–Trinajstić information content (AvgIpc) is 2.71. The van der Waals surface area contributed by atoms with Crippen molar-refractivity contribution in [2.24, 2.45) is 0 Å². The van der Waals surface area contributed by atoms with E-state index in [1.807, 2.05) is 32.3 Å². The SMILES string of the molecule is CNC(C)c1cnn(-c2cccnn2)c1C. The van der Waals surface area contributed by atoms with Gasteiger partial charge in [0.25, 0.3) is 0 Å². The Kier molecular flexibility index (Phi) is 2.96. The van der Waals surface area contributed by atoms with Crippen LogP contribution in [-0.4, -0.2) is 27.0 Å². The minimum atomic E-state index is 0.283. The quantitative estimate of drug-likeness (QED) is 0.840. The Balaban J connectivity index is 2.41. The highest BCUT2D eigenvalue weighted by atomic mass is 15.3. The molecule has 1 N–H and O–H groups in total. The van der Waals surface area contributed by atoms with Crippen LogP contribution in [-0.2, 0) is 0 Å². The molecular formula is C11H15N5. The summed E-state index contributed by atoms with van der Waals surface area (Å²) >= 11 is 0. The molecule has 0 aliphatic carbocycles. The molecule has 0 amide bonds. The molecule has 1 unspecified atom stereocenters. The van der Waals surface area contributed by atoms with Gasteiger partial charge < -0.3 is 5.32 Å². The number of hydrogen-bond donors (Lipinski definition) is 1. The molecule has 1 atom stereocenters. The van der Waals surface area contributed by atoms with E-state index in [1.165, 1.54) is 5.56 Å². The molecule has 84 valence electrons. The Morgan fingerprint density at radius 1 is 1.44 bits per heavy atom. The Hall–Kier alpha value is -1.75. The van der Waals surface area contributed by atoms with E-state index in [0.29, 0.717) is 0 Å². The highest BCUT2D eigenvalue weighted by molar-refractivity contribution is 5.28. The van der Waals surface area contributed by atoms with Crippen molar-refractivity contribution in [3.8, 4) is 5.82 Å². The molecule has 2 heterocycles. The van der Waals surface area contributed by atoms with Gasteiger partial charge in [-0.25, -0.2) is 4.68 Å². The van der Waals surface area contributed by atoms with E-state index in [4.69, 9.17) is 0 Å². The Labute approximate surface area is 94.5 Å². The first-order valence-corrected chi connectivity index (χ1v) is 5.24. The van der Waals surface area contributed by atoms with E-state index >= 15 is 0 Å². The third kappa shape index (κ3) is 1.81. The van der Waals surface area contributed by atoms with Crippen molar-refractivity contribution in [3.05, 3.63) is 35.8 Å². The highest BCUT2D eigenvalue weighted by Crippen LogP contribution is 2.18. The van der Waals surface area contributed by atoms with Gasteiger partial charge in [-0.15, -0.1) is 5.10 Å². The summed E-state index contributed by atoms with van der Waals surface area (Å²) in [6, 6.07) is 4.02. The normalized spacial score (nSPS) is 12.7. The van der Waals surface area contributed by atoms with E-state index in [1.54, 1.807) is 10.9 Å². The molecule has 0 fully saturated rings. The van der Waals surface area contributed by atoms with Gasteiger partial charge >= 0.3 is 0 Å². The van der Waals surface area contributed by atoms with Crippen molar-refractivity contribution < 1.29 is 0 Å². The molecular weight excluding hydrogens is 202 g/mol. The summed E-state index contributed by atoms with van der Waals surface area (Å²) in [5, 5.41) is 15.4. The van der Waals surface area contributed by atoms with Crippen molar-refractivity contribution in [1.29, 1.82) is 0 Å². The van der Waals surface area contributed by atoms with Crippen LogP contribution in [0.15, 0.2) is 24.5 Å². The molecule has 0 aromatic carbocycles. The van der Waals surface area contributed by atoms with E-state index in [2.05, 4.69) is 27.5 Å². The summed E-state index contributed by atoms with van der Waals surface area (Å²) in [5.74, 6) is 0.745. The molecule has 0 aliphatic heterocycles. The van der Waals surface area contributed by atoms with Crippen molar-refractivity contribution in [2.75, 3.05) is 7.05 Å². The number of rotatable bonds is 3. The minimum absolute atomic E-state index is 0.283. The van der Waals surface area contributed by atoms with Crippen LogP contribution in [0, 0.1) is 6.92 Å². The topological polar surface area (TPSA) is 55.6 Å². The Bertz CT molecular complexity index is 462. The summed E-state index contributed by atoms with van der Waals surface area (Å²) in [7, 11) is 1.93. The van der Waals surface area contributed by atoms with E-state index < -0.39 is 0 Å². The zero-order chi connectivity index (χ0) is 11.5. The highest BCUT2D eigenvalue weighted by Gasteiger charge is 2.13. The van der Waals surface area contributed by atoms with Crippen LogP contribution in [0.5, 0.6) is 0 Å². The fraction of sp³-hybridized carbons (Fsp3) is 0.364. The second kappa shape index (κ2) is 4.40. The lowest BCUT2D eigenvalue weighted by Gasteiger charge is -2.09. The largest absolute Gasteiger partial charge is 0.313 e. The van der Waals surface area contributed by atoms with Crippen molar-refractivity contribution in [3.63, 3.8) is 0 Å².